The van der Waals surface area contributed by atoms with Crippen molar-refractivity contribution in [3.63, 3.8) is 0 Å². The maximum absolute atomic E-state index is 12.1. The van der Waals surface area contributed by atoms with Gasteiger partial charge in [-0.25, -0.2) is 0 Å². The summed E-state index contributed by atoms with van der Waals surface area (Å²) in [5.41, 5.74) is 0. The highest BCUT2D eigenvalue weighted by Crippen LogP contribution is 2.27. The molecule has 0 radical (unpaired) electrons. The molecule has 110 valence electrons. The Morgan fingerprint density at radius 3 is 2.58 bits per heavy atom. The smallest absolute Gasteiger partial charge is 0.325 e. The van der Waals surface area contributed by atoms with Crippen LogP contribution >= 0.6 is 0 Å². The topological polar surface area (TPSA) is 58.6 Å². The summed E-state index contributed by atoms with van der Waals surface area (Å²) in [4.78, 5) is 25.3. The molecule has 1 fully saturated rings. The Kier molecular flexibility index (Phi) is 6.84. The molecule has 0 unspecified atom stereocenters. The summed E-state index contributed by atoms with van der Waals surface area (Å²) in [5.74, 6) is -0.232. The van der Waals surface area contributed by atoms with E-state index in [0.29, 0.717) is 19.1 Å². The van der Waals surface area contributed by atoms with E-state index in [1.807, 2.05) is 0 Å². The van der Waals surface area contributed by atoms with Gasteiger partial charge in [0.1, 0.15) is 6.54 Å². The minimum Gasteiger partial charge on any atom is -0.465 e. The Morgan fingerprint density at radius 1 is 1.37 bits per heavy atom. The van der Waals surface area contributed by atoms with Crippen LogP contribution in [-0.2, 0) is 14.3 Å². The van der Waals surface area contributed by atoms with E-state index in [0.717, 1.165) is 25.8 Å². The average Bonchev–Trinajstić information content (AvgIpc) is 3.15. The molecular weight excluding hydrogens is 244 g/mol. The van der Waals surface area contributed by atoms with Crippen LogP contribution in [0, 0.1) is 0 Å². The lowest BCUT2D eigenvalue weighted by atomic mass is 10.2. The fraction of sp³-hybridized carbons (Fsp3) is 0.857. The van der Waals surface area contributed by atoms with Gasteiger partial charge >= 0.3 is 5.97 Å². The summed E-state index contributed by atoms with van der Waals surface area (Å²) in [7, 11) is 0. The van der Waals surface area contributed by atoms with Gasteiger partial charge in [-0.15, -0.1) is 0 Å². The first kappa shape index (κ1) is 16.0. The second-order valence-corrected chi connectivity index (χ2v) is 5.27. The zero-order valence-corrected chi connectivity index (χ0v) is 12.3. The van der Waals surface area contributed by atoms with Crippen LogP contribution in [0.15, 0.2) is 0 Å². The molecule has 0 saturated heterocycles. The minimum absolute atomic E-state index is 0.0705. The molecule has 5 heteroatoms. The molecule has 0 aliphatic heterocycles. The van der Waals surface area contributed by atoms with Crippen LogP contribution in [0.2, 0.25) is 0 Å². The third-order valence-electron chi connectivity index (χ3n) is 3.03. The number of carbonyl (C=O) groups is 2. The Bertz CT molecular complexity index is 301. The van der Waals surface area contributed by atoms with Crippen LogP contribution in [0.3, 0.4) is 0 Å². The molecule has 1 rings (SSSR count). The normalized spacial score (nSPS) is 14.5. The molecule has 0 heterocycles. The van der Waals surface area contributed by atoms with Gasteiger partial charge in [0.15, 0.2) is 0 Å². The molecule has 0 spiro atoms. The number of carbonyl (C=O) groups excluding carboxylic acids is 2. The number of nitrogens with one attached hydrogen (secondary N) is 1. The van der Waals surface area contributed by atoms with E-state index in [1.165, 1.54) is 0 Å². The van der Waals surface area contributed by atoms with Gasteiger partial charge in [-0.3, -0.25) is 9.59 Å². The summed E-state index contributed by atoms with van der Waals surface area (Å²) in [6, 6.07) is 0.698. The predicted molar refractivity (Wildman–Crippen MR) is 73.7 cm³/mol. The molecular formula is C14H26N2O3. The van der Waals surface area contributed by atoms with Gasteiger partial charge in [0, 0.05) is 18.5 Å². The summed E-state index contributed by atoms with van der Waals surface area (Å²) in [5, 5.41) is 3.28. The minimum atomic E-state index is -0.303. The quantitative estimate of drug-likeness (QED) is 0.507. The van der Waals surface area contributed by atoms with E-state index in [1.54, 1.807) is 11.8 Å². The zero-order chi connectivity index (χ0) is 14.3. The van der Waals surface area contributed by atoms with Crippen LogP contribution in [0.5, 0.6) is 0 Å². The van der Waals surface area contributed by atoms with Crippen molar-refractivity contribution in [2.75, 3.05) is 19.7 Å². The third kappa shape index (κ3) is 6.57. The van der Waals surface area contributed by atoms with E-state index in [2.05, 4.69) is 19.2 Å². The molecule has 1 amide bonds. The maximum Gasteiger partial charge on any atom is 0.325 e. The van der Waals surface area contributed by atoms with Crippen molar-refractivity contribution in [2.24, 2.45) is 0 Å². The molecule has 1 aliphatic rings. The number of hydrogen-bond acceptors (Lipinski definition) is 4. The third-order valence-corrected chi connectivity index (χ3v) is 3.03. The lowest BCUT2D eigenvalue weighted by Gasteiger charge is -2.21. The predicted octanol–water partition coefficient (Wildman–Crippen LogP) is 1.32. The first-order chi connectivity index (χ1) is 9.04. The lowest BCUT2D eigenvalue weighted by molar-refractivity contribution is -0.149. The molecule has 1 aliphatic carbocycles. The fourth-order valence-electron chi connectivity index (χ4n) is 1.93. The largest absolute Gasteiger partial charge is 0.465 e. The molecule has 19 heavy (non-hydrogen) atoms. The number of amides is 1. The highest BCUT2D eigenvalue weighted by Gasteiger charge is 2.33. The van der Waals surface area contributed by atoms with Crippen LogP contribution < -0.4 is 5.32 Å². The summed E-state index contributed by atoms with van der Waals surface area (Å²) < 4.78 is 4.91. The van der Waals surface area contributed by atoms with Gasteiger partial charge < -0.3 is 15.0 Å². The van der Waals surface area contributed by atoms with Gasteiger partial charge in [-0.05, 0) is 32.7 Å². The van der Waals surface area contributed by atoms with Crippen molar-refractivity contribution >= 4 is 11.9 Å². The second-order valence-electron chi connectivity index (χ2n) is 5.27. The van der Waals surface area contributed by atoms with Crippen molar-refractivity contribution in [1.29, 1.82) is 0 Å². The number of hydrogen-bond donors (Lipinski definition) is 1. The van der Waals surface area contributed by atoms with Crippen LogP contribution in [-0.4, -0.2) is 48.6 Å². The second kappa shape index (κ2) is 8.15. The number of esters is 1. The van der Waals surface area contributed by atoms with E-state index >= 15 is 0 Å². The Morgan fingerprint density at radius 2 is 2.05 bits per heavy atom. The van der Waals surface area contributed by atoms with E-state index in [9.17, 15) is 9.59 Å². The van der Waals surface area contributed by atoms with Crippen LogP contribution in [0.1, 0.15) is 46.5 Å². The van der Waals surface area contributed by atoms with E-state index in [4.69, 9.17) is 4.74 Å². The Labute approximate surface area is 115 Å². The van der Waals surface area contributed by atoms with Crippen LogP contribution in [0.25, 0.3) is 0 Å². The van der Waals surface area contributed by atoms with Gasteiger partial charge in [0.2, 0.25) is 5.91 Å². The summed E-state index contributed by atoms with van der Waals surface area (Å²) in [6.45, 7) is 7.25. The van der Waals surface area contributed by atoms with Crippen molar-refractivity contribution in [3.8, 4) is 0 Å². The van der Waals surface area contributed by atoms with E-state index in [-0.39, 0.29) is 24.5 Å². The van der Waals surface area contributed by atoms with Gasteiger partial charge in [-0.2, -0.15) is 0 Å². The number of nitrogens with zero attached hydrogens (tertiary/aromatic N) is 1. The lowest BCUT2D eigenvalue weighted by Crippen LogP contribution is -2.38. The van der Waals surface area contributed by atoms with Gasteiger partial charge in [0.05, 0.1) is 6.61 Å². The first-order valence-electron chi connectivity index (χ1n) is 7.23. The summed E-state index contributed by atoms with van der Waals surface area (Å²) >= 11 is 0. The van der Waals surface area contributed by atoms with E-state index < -0.39 is 0 Å². The zero-order valence-electron chi connectivity index (χ0n) is 12.3. The highest BCUT2D eigenvalue weighted by molar-refractivity contribution is 5.82. The monoisotopic (exact) mass is 270 g/mol. The Hall–Kier alpha value is -1.10. The fourth-order valence-corrected chi connectivity index (χ4v) is 1.93. The molecule has 1 saturated carbocycles. The Balaban J connectivity index is 2.30. The molecule has 0 bridgehead atoms. The standard InChI is InChI=1S/C14H26N2O3/c1-4-19-14(18)10-16(12-7-8-12)13(17)6-5-9-15-11(2)3/h11-12,15H,4-10H2,1-3H3. The molecule has 1 N–H and O–H groups in total. The molecule has 5 nitrogen and oxygen atoms in total. The average molecular weight is 270 g/mol. The molecule has 0 atom stereocenters. The molecule has 0 aromatic carbocycles. The van der Waals surface area contributed by atoms with Crippen molar-refractivity contribution in [2.45, 2.75) is 58.5 Å². The SMILES string of the molecule is CCOC(=O)CN(C(=O)CCCNC(C)C)C1CC1. The van der Waals surface area contributed by atoms with Crippen LogP contribution in [0.4, 0.5) is 0 Å². The molecule has 0 aromatic heterocycles. The summed E-state index contributed by atoms with van der Waals surface area (Å²) in [6.07, 6.45) is 3.32. The molecule has 0 aromatic rings. The van der Waals surface area contributed by atoms with Crippen molar-refractivity contribution < 1.29 is 14.3 Å². The maximum atomic E-state index is 12.1. The van der Waals surface area contributed by atoms with Crippen molar-refractivity contribution in [1.82, 2.24) is 10.2 Å². The number of rotatable bonds is 9. The first-order valence-corrected chi connectivity index (χ1v) is 7.23. The number of ether oxygens (including phenoxy) is 1. The van der Waals surface area contributed by atoms with Gasteiger partial charge in [-0.1, -0.05) is 13.8 Å². The highest BCUT2D eigenvalue weighted by atomic mass is 16.5. The van der Waals surface area contributed by atoms with Gasteiger partial charge in [0.25, 0.3) is 0 Å². The van der Waals surface area contributed by atoms with Crippen molar-refractivity contribution in [3.05, 3.63) is 0 Å².